The molecule has 25 heavy (non-hydrogen) atoms. The molecule has 0 saturated heterocycles. The Hall–Kier alpha value is -1.66. The van der Waals surface area contributed by atoms with Crippen molar-refractivity contribution in [2.75, 3.05) is 12.4 Å². The first kappa shape index (κ1) is 19.7. The molecule has 2 rings (SSSR count). The van der Waals surface area contributed by atoms with Gasteiger partial charge in [-0.15, -0.1) is 0 Å². The number of unbranched alkanes of at least 4 members (excludes halogenated alkanes) is 1. The fourth-order valence-corrected chi connectivity index (χ4v) is 3.59. The minimum absolute atomic E-state index is 0.239. The Labute approximate surface area is 151 Å². The van der Waals surface area contributed by atoms with E-state index in [1.54, 1.807) is 6.07 Å². The van der Waals surface area contributed by atoms with Crippen molar-refractivity contribution < 1.29 is 22.3 Å². The Morgan fingerprint density at radius 2 is 2.16 bits per heavy atom. The summed E-state index contributed by atoms with van der Waals surface area (Å²) < 4.78 is 39.6. The summed E-state index contributed by atoms with van der Waals surface area (Å²) in [4.78, 5) is 3.26. The van der Waals surface area contributed by atoms with E-state index < -0.39 is 15.9 Å². The number of halogens is 1. The number of benzene rings is 1. The standard InChI is InChI=1S/C16H20ClN3O4S/c1-3-24-10-20-11(2)19-16-12(6-4-5-7-25(21,22)23)13(9-18)14(17)8-15(16)20/h8H,3-7,10H2,1-2H3,(H,21,22,23). The molecule has 0 aliphatic rings. The van der Waals surface area contributed by atoms with Gasteiger partial charge in [0, 0.05) is 30.9 Å². The molecular weight excluding hydrogens is 366 g/mol. The number of hydrogen-bond acceptors (Lipinski definition) is 5. The zero-order chi connectivity index (χ0) is 18.6. The summed E-state index contributed by atoms with van der Waals surface area (Å²) >= 11 is 6.27. The number of nitriles is 1. The van der Waals surface area contributed by atoms with Crippen LogP contribution in [0.3, 0.4) is 0 Å². The number of rotatable bonds is 8. The van der Waals surface area contributed by atoms with Gasteiger partial charge >= 0.3 is 0 Å². The summed E-state index contributed by atoms with van der Waals surface area (Å²) in [6.07, 6.45) is 1.16. The molecule has 0 saturated carbocycles. The van der Waals surface area contributed by atoms with Crippen molar-refractivity contribution in [2.24, 2.45) is 0 Å². The molecule has 0 spiro atoms. The van der Waals surface area contributed by atoms with Crippen molar-refractivity contribution in [2.45, 2.75) is 39.8 Å². The number of fused-ring (bicyclic) bond motifs is 1. The molecule has 0 aliphatic heterocycles. The summed E-state index contributed by atoms with van der Waals surface area (Å²) in [6.45, 7) is 4.73. The van der Waals surface area contributed by atoms with Gasteiger partial charge in [-0.05, 0) is 26.2 Å². The smallest absolute Gasteiger partial charge is 0.253 e. The lowest BCUT2D eigenvalue weighted by Gasteiger charge is -2.08. The van der Waals surface area contributed by atoms with Gasteiger partial charge < -0.3 is 9.29 Å². The van der Waals surface area contributed by atoms with E-state index in [4.69, 9.17) is 16.3 Å². The van der Waals surface area contributed by atoms with Crippen LogP contribution in [0.1, 0.15) is 36.7 Å². The predicted octanol–water partition coefficient (Wildman–Crippen LogP) is 2.15. The highest BCUT2D eigenvalue weighted by Gasteiger charge is 2.23. The molecule has 1 aromatic carbocycles. The molecule has 0 aliphatic carbocycles. The van der Waals surface area contributed by atoms with Crippen LogP contribution < -0.4 is 4.57 Å². The van der Waals surface area contributed by atoms with E-state index >= 15 is 0 Å². The maximum Gasteiger partial charge on any atom is 0.253 e. The fraction of sp³-hybridized carbons (Fsp3) is 0.500. The first-order valence-corrected chi connectivity index (χ1v) is 9.89. The quantitative estimate of drug-likeness (QED) is 0.425. The molecule has 0 bridgehead atoms. The summed E-state index contributed by atoms with van der Waals surface area (Å²) in [5, 5.41) is 9.77. The number of imidazole rings is 1. The molecule has 0 fully saturated rings. The number of aromatic nitrogens is 2. The number of nitrogens with one attached hydrogen (secondary N) is 1. The number of nitrogens with zero attached hydrogens (tertiary/aromatic N) is 2. The molecule has 2 aromatic rings. The lowest BCUT2D eigenvalue weighted by atomic mass is 10.0. The van der Waals surface area contributed by atoms with E-state index in [1.807, 2.05) is 18.4 Å². The molecule has 9 heteroatoms. The van der Waals surface area contributed by atoms with Crippen LogP contribution in [0.25, 0.3) is 11.0 Å². The Morgan fingerprint density at radius 1 is 1.44 bits per heavy atom. The highest BCUT2D eigenvalue weighted by atomic mass is 35.5. The second-order valence-electron chi connectivity index (χ2n) is 5.70. The van der Waals surface area contributed by atoms with E-state index in [1.165, 1.54) is 0 Å². The molecule has 7 nitrogen and oxygen atoms in total. The normalized spacial score (nSPS) is 11.8. The molecule has 1 aromatic heterocycles. The van der Waals surface area contributed by atoms with Gasteiger partial charge in [-0.3, -0.25) is 0 Å². The molecule has 1 N–H and O–H groups in total. The first-order valence-electron chi connectivity index (χ1n) is 7.93. The number of aromatic amines is 1. The highest BCUT2D eigenvalue weighted by Crippen LogP contribution is 2.28. The Kier molecular flexibility index (Phi) is 6.41. The van der Waals surface area contributed by atoms with Crippen molar-refractivity contribution in [3.8, 4) is 6.07 Å². The van der Waals surface area contributed by atoms with E-state index in [2.05, 4.69) is 11.1 Å². The van der Waals surface area contributed by atoms with Gasteiger partial charge in [0.2, 0.25) is 0 Å². The zero-order valence-electron chi connectivity index (χ0n) is 14.1. The average molecular weight is 386 g/mol. The molecule has 136 valence electrons. The van der Waals surface area contributed by atoms with E-state index in [-0.39, 0.29) is 6.42 Å². The van der Waals surface area contributed by atoms with Crippen molar-refractivity contribution >= 4 is 32.8 Å². The minimum atomic E-state index is -4.23. The van der Waals surface area contributed by atoms with Crippen LogP contribution >= 0.6 is 11.6 Å². The molecule has 0 unspecified atom stereocenters. The van der Waals surface area contributed by atoms with E-state index in [0.29, 0.717) is 36.8 Å². The summed E-state index contributed by atoms with van der Waals surface area (Å²) in [7, 11) is -4.23. The maximum atomic E-state index is 10.7. The van der Waals surface area contributed by atoms with Crippen molar-refractivity contribution in [1.82, 2.24) is 4.98 Å². The van der Waals surface area contributed by atoms with Gasteiger partial charge in [-0.1, -0.05) is 11.6 Å². The van der Waals surface area contributed by atoms with Crippen molar-refractivity contribution in [3.63, 3.8) is 0 Å². The topological polar surface area (TPSA) is 110 Å². The molecule has 0 amide bonds. The second-order valence-corrected chi connectivity index (χ2v) is 7.63. The largest absolute Gasteiger partial charge is 0.748 e. The van der Waals surface area contributed by atoms with Crippen LogP contribution in [-0.4, -0.2) is 30.3 Å². The van der Waals surface area contributed by atoms with Gasteiger partial charge in [0.25, 0.3) is 5.82 Å². The van der Waals surface area contributed by atoms with Crippen LogP contribution in [0.15, 0.2) is 6.07 Å². The summed E-state index contributed by atoms with van der Waals surface area (Å²) in [6, 6.07) is 3.84. The van der Waals surface area contributed by atoms with Gasteiger partial charge in [-0.2, -0.15) is 5.26 Å². The van der Waals surface area contributed by atoms with Crippen molar-refractivity contribution in [1.29, 1.82) is 5.26 Å². The summed E-state index contributed by atoms with van der Waals surface area (Å²) in [5.74, 6) is 0.449. The van der Waals surface area contributed by atoms with Crippen LogP contribution in [0.5, 0.6) is 0 Å². The van der Waals surface area contributed by atoms with E-state index in [9.17, 15) is 18.2 Å². The van der Waals surface area contributed by atoms with Crippen LogP contribution in [0.2, 0.25) is 5.02 Å². The number of hydrogen-bond donors (Lipinski definition) is 1. The lowest BCUT2D eigenvalue weighted by Crippen LogP contribution is -2.37. The average Bonchev–Trinajstić information content (AvgIpc) is 2.83. The third kappa shape index (κ3) is 4.70. The summed E-state index contributed by atoms with van der Waals surface area (Å²) in [5.41, 5.74) is 2.69. The lowest BCUT2D eigenvalue weighted by molar-refractivity contribution is -0.714. The van der Waals surface area contributed by atoms with Crippen molar-refractivity contribution in [3.05, 3.63) is 28.0 Å². The van der Waals surface area contributed by atoms with Crippen LogP contribution in [0.4, 0.5) is 0 Å². The molecule has 1 heterocycles. The molecular formula is C16H20ClN3O4S. The van der Waals surface area contributed by atoms with Gasteiger partial charge in [0.1, 0.15) is 6.07 Å². The fourth-order valence-electron chi connectivity index (χ4n) is 2.77. The van der Waals surface area contributed by atoms with Gasteiger partial charge in [0.05, 0.1) is 20.7 Å². The van der Waals surface area contributed by atoms with E-state index in [0.717, 1.165) is 22.4 Å². The number of ether oxygens (including phenoxy) is 1. The number of H-pyrrole nitrogens is 1. The third-order valence-electron chi connectivity index (χ3n) is 3.97. The number of aryl methyl sites for hydroxylation is 2. The molecule has 0 radical (unpaired) electrons. The Balaban J connectivity index is 2.40. The predicted molar refractivity (Wildman–Crippen MR) is 92.1 cm³/mol. The maximum absolute atomic E-state index is 10.7. The third-order valence-corrected chi connectivity index (χ3v) is 5.06. The highest BCUT2D eigenvalue weighted by molar-refractivity contribution is 7.85. The molecule has 0 atom stereocenters. The van der Waals surface area contributed by atoms with Gasteiger partial charge in [0.15, 0.2) is 17.8 Å². The zero-order valence-corrected chi connectivity index (χ0v) is 15.7. The second kappa shape index (κ2) is 8.15. The minimum Gasteiger partial charge on any atom is -0.748 e. The Bertz CT molecular complexity index is 916. The van der Waals surface area contributed by atoms with Crippen LogP contribution in [0, 0.1) is 18.3 Å². The monoisotopic (exact) mass is 385 g/mol. The SMILES string of the molecule is CCOC[n+]1c(C)[nH]c2c(CCCCS(=O)(=O)[O-])c(C#N)c(Cl)cc21. The Morgan fingerprint density at radius 3 is 2.76 bits per heavy atom. The first-order chi connectivity index (χ1) is 11.8. The van der Waals surface area contributed by atoms with Gasteiger partial charge in [-0.25, -0.2) is 18.0 Å². The van der Waals surface area contributed by atoms with Crippen LogP contribution in [-0.2, 0) is 28.0 Å².